The molecular formula is C21H20ClNO2S. The molecule has 3 aromatic carbocycles. The van der Waals surface area contributed by atoms with Crippen LogP contribution in [0.1, 0.15) is 6.92 Å². The lowest BCUT2D eigenvalue weighted by Gasteiger charge is -2.13. The average molecular weight is 386 g/mol. The van der Waals surface area contributed by atoms with Crippen molar-refractivity contribution in [3.8, 4) is 5.75 Å². The molecule has 3 rings (SSSR count). The van der Waals surface area contributed by atoms with Crippen LogP contribution in [-0.2, 0) is 4.79 Å². The molecule has 0 fully saturated rings. The minimum atomic E-state index is -0.183. The third kappa shape index (κ3) is 5.16. The predicted molar refractivity (Wildman–Crippen MR) is 109 cm³/mol. The lowest BCUT2D eigenvalue weighted by Crippen LogP contribution is -2.33. The lowest BCUT2D eigenvalue weighted by molar-refractivity contribution is -0.120. The molecule has 0 aromatic heterocycles. The summed E-state index contributed by atoms with van der Waals surface area (Å²) in [5.74, 6) is 0.800. The number of halogens is 1. The first-order chi connectivity index (χ1) is 12.6. The molecule has 5 heteroatoms. The number of nitrogens with one attached hydrogen (secondary N) is 1. The zero-order chi connectivity index (χ0) is 18.4. The topological polar surface area (TPSA) is 38.3 Å². The van der Waals surface area contributed by atoms with E-state index >= 15 is 0 Å². The zero-order valence-corrected chi connectivity index (χ0v) is 16.0. The van der Waals surface area contributed by atoms with Gasteiger partial charge < -0.3 is 10.1 Å². The highest BCUT2D eigenvalue weighted by molar-refractivity contribution is 8.00. The summed E-state index contributed by atoms with van der Waals surface area (Å²) in [5.41, 5.74) is 0. The fourth-order valence-corrected chi connectivity index (χ4v) is 3.53. The van der Waals surface area contributed by atoms with Crippen molar-refractivity contribution in [2.75, 3.05) is 13.2 Å². The van der Waals surface area contributed by atoms with Crippen LogP contribution in [0.3, 0.4) is 0 Å². The fourth-order valence-electron chi connectivity index (χ4n) is 2.51. The Hall–Kier alpha value is -2.17. The van der Waals surface area contributed by atoms with Crippen LogP contribution in [0.2, 0.25) is 5.02 Å². The minimum absolute atomic E-state index is 0.00735. The molecular weight excluding hydrogens is 366 g/mol. The molecule has 0 saturated carbocycles. The number of ether oxygens (including phenoxy) is 1. The Morgan fingerprint density at radius 3 is 2.58 bits per heavy atom. The van der Waals surface area contributed by atoms with E-state index in [4.69, 9.17) is 16.3 Å². The van der Waals surface area contributed by atoms with Crippen LogP contribution in [0.4, 0.5) is 0 Å². The van der Waals surface area contributed by atoms with Crippen LogP contribution in [-0.4, -0.2) is 24.3 Å². The smallest absolute Gasteiger partial charge is 0.233 e. The highest BCUT2D eigenvalue weighted by Gasteiger charge is 2.13. The van der Waals surface area contributed by atoms with E-state index in [2.05, 4.69) is 17.4 Å². The van der Waals surface area contributed by atoms with Crippen molar-refractivity contribution >= 4 is 40.0 Å². The first-order valence-electron chi connectivity index (χ1n) is 8.43. The third-order valence-corrected chi connectivity index (χ3v) is 5.25. The van der Waals surface area contributed by atoms with Gasteiger partial charge >= 0.3 is 0 Å². The monoisotopic (exact) mass is 385 g/mol. The molecule has 0 bridgehead atoms. The number of benzene rings is 3. The average Bonchev–Trinajstić information content (AvgIpc) is 2.66. The Balaban J connectivity index is 1.43. The van der Waals surface area contributed by atoms with Crippen molar-refractivity contribution in [3.63, 3.8) is 0 Å². The first kappa shape index (κ1) is 18.6. The summed E-state index contributed by atoms with van der Waals surface area (Å²) in [5, 5.41) is 5.74. The Bertz CT molecular complexity index is 883. The first-order valence-corrected chi connectivity index (χ1v) is 9.69. The Kier molecular flexibility index (Phi) is 6.42. The van der Waals surface area contributed by atoms with E-state index in [0.717, 1.165) is 16.0 Å². The van der Waals surface area contributed by atoms with Crippen molar-refractivity contribution in [1.82, 2.24) is 5.32 Å². The van der Waals surface area contributed by atoms with E-state index in [1.54, 1.807) is 0 Å². The number of hydrogen-bond donors (Lipinski definition) is 1. The second-order valence-electron chi connectivity index (χ2n) is 5.86. The minimum Gasteiger partial charge on any atom is -0.492 e. The van der Waals surface area contributed by atoms with Crippen LogP contribution < -0.4 is 10.1 Å². The van der Waals surface area contributed by atoms with Gasteiger partial charge in [0.15, 0.2) is 0 Å². The maximum Gasteiger partial charge on any atom is 0.233 e. The molecule has 1 atom stereocenters. The van der Waals surface area contributed by atoms with Crippen LogP contribution in [0.15, 0.2) is 71.6 Å². The molecule has 1 amide bonds. The zero-order valence-electron chi connectivity index (χ0n) is 14.4. The summed E-state index contributed by atoms with van der Waals surface area (Å²) in [4.78, 5) is 13.2. The molecule has 134 valence electrons. The van der Waals surface area contributed by atoms with Gasteiger partial charge in [-0.3, -0.25) is 4.79 Å². The molecule has 3 nitrogen and oxygen atoms in total. The highest BCUT2D eigenvalue weighted by Crippen LogP contribution is 2.24. The van der Waals surface area contributed by atoms with Gasteiger partial charge in [-0.15, -0.1) is 11.8 Å². The summed E-state index contributed by atoms with van der Waals surface area (Å²) in [6.45, 7) is 2.79. The third-order valence-electron chi connectivity index (χ3n) is 3.89. The molecule has 1 unspecified atom stereocenters. The molecule has 0 aliphatic rings. The van der Waals surface area contributed by atoms with Crippen molar-refractivity contribution in [3.05, 3.63) is 71.8 Å². The van der Waals surface area contributed by atoms with Gasteiger partial charge in [0, 0.05) is 9.92 Å². The second kappa shape index (κ2) is 8.97. The number of rotatable bonds is 7. The Morgan fingerprint density at radius 2 is 1.81 bits per heavy atom. The normalized spacial score (nSPS) is 11.9. The number of carbonyl (C=O) groups is 1. The summed E-state index contributed by atoms with van der Waals surface area (Å²) in [6, 6.07) is 21.6. The van der Waals surface area contributed by atoms with Gasteiger partial charge in [0.2, 0.25) is 5.91 Å². The molecule has 0 aliphatic heterocycles. The van der Waals surface area contributed by atoms with Crippen LogP contribution in [0, 0.1) is 0 Å². The standard InChI is InChI=1S/C21H20ClNO2S/c1-15(26-20-10-7-18(22)8-11-20)21(24)23-12-13-25-19-9-6-16-4-2-3-5-17(16)14-19/h2-11,14-15H,12-13H2,1H3,(H,23,24). The van der Waals surface area contributed by atoms with Gasteiger partial charge in [-0.25, -0.2) is 0 Å². The van der Waals surface area contributed by atoms with Crippen LogP contribution in [0.5, 0.6) is 5.75 Å². The number of thioether (sulfide) groups is 1. The second-order valence-corrected chi connectivity index (χ2v) is 7.71. The highest BCUT2D eigenvalue weighted by atomic mass is 35.5. The van der Waals surface area contributed by atoms with Crippen molar-refractivity contribution < 1.29 is 9.53 Å². The van der Waals surface area contributed by atoms with Crippen molar-refractivity contribution in [2.45, 2.75) is 17.1 Å². The van der Waals surface area contributed by atoms with Crippen LogP contribution in [0.25, 0.3) is 10.8 Å². The molecule has 0 aliphatic carbocycles. The molecule has 0 spiro atoms. The van der Waals surface area contributed by atoms with Gasteiger partial charge in [0.1, 0.15) is 12.4 Å². The van der Waals surface area contributed by atoms with Crippen molar-refractivity contribution in [1.29, 1.82) is 0 Å². The summed E-state index contributed by atoms with van der Waals surface area (Å²) in [6.07, 6.45) is 0. The number of carbonyl (C=O) groups excluding carboxylic acids is 1. The largest absolute Gasteiger partial charge is 0.492 e. The van der Waals surface area contributed by atoms with E-state index in [-0.39, 0.29) is 11.2 Å². The Labute approximate surface area is 162 Å². The van der Waals surface area contributed by atoms with E-state index in [0.29, 0.717) is 18.2 Å². The maximum absolute atomic E-state index is 12.2. The Morgan fingerprint density at radius 1 is 1.08 bits per heavy atom. The van der Waals surface area contributed by atoms with E-state index < -0.39 is 0 Å². The number of hydrogen-bond acceptors (Lipinski definition) is 3. The summed E-state index contributed by atoms with van der Waals surface area (Å²) < 4.78 is 5.74. The van der Waals surface area contributed by atoms with Gasteiger partial charge in [-0.2, -0.15) is 0 Å². The number of fused-ring (bicyclic) bond motifs is 1. The summed E-state index contributed by atoms with van der Waals surface area (Å²) in [7, 11) is 0. The van der Waals surface area contributed by atoms with E-state index in [1.807, 2.05) is 61.5 Å². The number of amides is 1. The SMILES string of the molecule is CC(Sc1ccc(Cl)cc1)C(=O)NCCOc1ccc2ccccc2c1. The maximum atomic E-state index is 12.2. The van der Waals surface area contributed by atoms with Crippen molar-refractivity contribution in [2.24, 2.45) is 0 Å². The van der Waals surface area contributed by atoms with Gasteiger partial charge in [0.05, 0.1) is 11.8 Å². The van der Waals surface area contributed by atoms with Gasteiger partial charge in [-0.05, 0) is 54.1 Å². The molecule has 3 aromatic rings. The van der Waals surface area contributed by atoms with Gasteiger partial charge in [-0.1, -0.05) is 41.9 Å². The molecule has 26 heavy (non-hydrogen) atoms. The molecule has 0 saturated heterocycles. The van der Waals surface area contributed by atoms with E-state index in [1.165, 1.54) is 17.1 Å². The quantitative estimate of drug-likeness (QED) is 0.450. The fraction of sp³-hybridized carbons (Fsp3) is 0.190. The molecule has 1 N–H and O–H groups in total. The molecule has 0 heterocycles. The van der Waals surface area contributed by atoms with Gasteiger partial charge in [0.25, 0.3) is 0 Å². The van der Waals surface area contributed by atoms with E-state index in [9.17, 15) is 4.79 Å². The van der Waals surface area contributed by atoms with Crippen LogP contribution >= 0.6 is 23.4 Å². The predicted octanol–water partition coefficient (Wildman–Crippen LogP) is 5.17. The summed E-state index contributed by atoms with van der Waals surface area (Å²) >= 11 is 7.38. The molecule has 0 radical (unpaired) electrons. The lowest BCUT2D eigenvalue weighted by atomic mass is 10.1.